The summed E-state index contributed by atoms with van der Waals surface area (Å²) in [5, 5.41) is 4.71. The van der Waals surface area contributed by atoms with Gasteiger partial charge in [-0.2, -0.15) is 5.10 Å². The standard InChI is InChI=1S/C26H26BrClN2O4/c1-3-13-33-21-11-9-19(10-12-21)26(31)30-29-16-18-14-22(27)25(24(15-18)32-4-2)34-17-20-7-5-6-8-23(20)28/h5-12,14-16H,3-4,13,17H2,1-2H3,(H,30,31)/b29-16-. The predicted octanol–water partition coefficient (Wildman–Crippen LogP) is 6.63. The van der Waals surface area contributed by atoms with E-state index in [9.17, 15) is 4.79 Å². The summed E-state index contributed by atoms with van der Waals surface area (Å²) in [7, 11) is 0. The Kier molecular flexibility index (Phi) is 9.79. The zero-order valence-corrected chi connectivity index (χ0v) is 21.4. The number of hydrazone groups is 1. The Morgan fingerprint density at radius 2 is 1.82 bits per heavy atom. The highest BCUT2D eigenvalue weighted by Gasteiger charge is 2.13. The number of carbonyl (C=O) groups excluding carboxylic acids is 1. The van der Waals surface area contributed by atoms with Crippen molar-refractivity contribution in [3.8, 4) is 17.2 Å². The lowest BCUT2D eigenvalue weighted by Gasteiger charge is -2.15. The van der Waals surface area contributed by atoms with Crippen molar-refractivity contribution < 1.29 is 19.0 Å². The molecule has 0 aliphatic carbocycles. The smallest absolute Gasteiger partial charge is 0.271 e. The van der Waals surface area contributed by atoms with Gasteiger partial charge in [0, 0.05) is 16.1 Å². The average molecular weight is 546 g/mol. The van der Waals surface area contributed by atoms with Crippen LogP contribution in [0, 0.1) is 0 Å². The summed E-state index contributed by atoms with van der Waals surface area (Å²) >= 11 is 9.77. The van der Waals surface area contributed by atoms with Crippen molar-refractivity contribution in [1.82, 2.24) is 5.43 Å². The maximum absolute atomic E-state index is 12.4. The largest absolute Gasteiger partial charge is 0.494 e. The highest BCUT2D eigenvalue weighted by molar-refractivity contribution is 9.10. The van der Waals surface area contributed by atoms with E-state index in [2.05, 4.69) is 26.5 Å². The van der Waals surface area contributed by atoms with Gasteiger partial charge in [-0.15, -0.1) is 0 Å². The lowest BCUT2D eigenvalue weighted by Crippen LogP contribution is -2.17. The zero-order valence-electron chi connectivity index (χ0n) is 19.0. The molecule has 0 aromatic heterocycles. The summed E-state index contributed by atoms with van der Waals surface area (Å²) in [6.07, 6.45) is 2.47. The van der Waals surface area contributed by atoms with Gasteiger partial charge in [-0.3, -0.25) is 4.79 Å². The normalized spacial score (nSPS) is 10.8. The summed E-state index contributed by atoms with van der Waals surface area (Å²) in [5.41, 5.74) is 4.62. The van der Waals surface area contributed by atoms with Crippen molar-refractivity contribution in [2.24, 2.45) is 5.10 Å². The molecule has 0 spiro atoms. The number of nitrogens with zero attached hydrogens (tertiary/aromatic N) is 1. The van der Waals surface area contributed by atoms with Gasteiger partial charge < -0.3 is 14.2 Å². The Bertz CT molecular complexity index is 1140. The molecule has 8 heteroatoms. The Labute approximate surface area is 213 Å². The fraction of sp³-hybridized carbons (Fsp3) is 0.231. The number of benzene rings is 3. The van der Waals surface area contributed by atoms with Crippen LogP contribution in [0.1, 0.15) is 41.8 Å². The number of ether oxygens (including phenoxy) is 3. The molecule has 6 nitrogen and oxygen atoms in total. The van der Waals surface area contributed by atoms with Crippen LogP contribution in [0.15, 0.2) is 70.2 Å². The lowest BCUT2D eigenvalue weighted by atomic mass is 10.2. The fourth-order valence-corrected chi connectivity index (χ4v) is 3.75. The summed E-state index contributed by atoms with van der Waals surface area (Å²) in [4.78, 5) is 12.4. The van der Waals surface area contributed by atoms with Crippen molar-refractivity contribution in [2.45, 2.75) is 26.9 Å². The number of nitrogens with one attached hydrogen (secondary N) is 1. The van der Waals surface area contributed by atoms with Crippen molar-refractivity contribution in [2.75, 3.05) is 13.2 Å². The quantitative estimate of drug-likeness (QED) is 0.217. The minimum Gasteiger partial charge on any atom is -0.494 e. The molecule has 0 fully saturated rings. The van der Waals surface area contributed by atoms with Crippen LogP contribution in [-0.4, -0.2) is 25.3 Å². The number of amides is 1. The van der Waals surface area contributed by atoms with Crippen LogP contribution in [0.4, 0.5) is 0 Å². The molecule has 0 saturated heterocycles. The van der Waals surface area contributed by atoms with Crippen LogP contribution in [0.2, 0.25) is 5.02 Å². The molecule has 1 amide bonds. The minimum atomic E-state index is -0.318. The third-order valence-electron chi connectivity index (χ3n) is 4.63. The van der Waals surface area contributed by atoms with E-state index in [1.54, 1.807) is 36.5 Å². The van der Waals surface area contributed by atoms with Crippen LogP contribution in [0.5, 0.6) is 17.2 Å². The van der Waals surface area contributed by atoms with E-state index in [0.29, 0.717) is 46.4 Å². The van der Waals surface area contributed by atoms with Crippen LogP contribution < -0.4 is 19.6 Å². The molecule has 0 aliphatic heterocycles. The van der Waals surface area contributed by atoms with E-state index >= 15 is 0 Å². The van der Waals surface area contributed by atoms with Gasteiger partial charge in [0.15, 0.2) is 11.5 Å². The Morgan fingerprint density at radius 3 is 2.53 bits per heavy atom. The fourth-order valence-electron chi connectivity index (χ4n) is 2.98. The first kappa shape index (κ1) is 25.6. The molecular formula is C26H26BrClN2O4. The number of halogens is 2. The summed E-state index contributed by atoms with van der Waals surface area (Å²) in [6.45, 7) is 5.33. The van der Waals surface area contributed by atoms with Crippen LogP contribution in [0.3, 0.4) is 0 Å². The topological polar surface area (TPSA) is 69.2 Å². The molecule has 0 heterocycles. The molecule has 0 aliphatic rings. The van der Waals surface area contributed by atoms with E-state index in [0.717, 1.165) is 23.3 Å². The first-order valence-electron chi connectivity index (χ1n) is 10.9. The van der Waals surface area contributed by atoms with Gasteiger partial charge in [-0.1, -0.05) is 36.7 Å². The second-order valence-electron chi connectivity index (χ2n) is 7.22. The molecule has 0 bridgehead atoms. The van der Waals surface area contributed by atoms with Gasteiger partial charge in [-0.25, -0.2) is 5.43 Å². The second kappa shape index (κ2) is 13.0. The molecule has 178 valence electrons. The SMILES string of the molecule is CCCOc1ccc(C(=O)N/N=C\c2cc(Br)c(OCc3ccccc3Cl)c(OCC)c2)cc1. The summed E-state index contributed by atoms with van der Waals surface area (Å²) < 4.78 is 18.0. The minimum absolute atomic E-state index is 0.296. The first-order valence-corrected chi connectivity index (χ1v) is 12.1. The molecule has 0 atom stereocenters. The average Bonchev–Trinajstić information content (AvgIpc) is 2.83. The molecule has 0 saturated carbocycles. The summed E-state index contributed by atoms with van der Waals surface area (Å²) in [6, 6.07) is 18.1. The summed E-state index contributed by atoms with van der Waals surface area (Å²) in [5.74, 6) is 1.53. The maximum atomic E-state index is 12.4. The van der Waals surface area contributed by atoms with E-state index in [-0.39, 0.29) is 5.91 Å². The first-order chi connectivity index (χ1) is 16.5. The van der Waals surface area contributed by atoms with E-state index < -0.39 is 0 Å². The monoisotopic (exact) mass is 544 g/mol. The van der Waals surface area contributed by atoms with Crippen molar-refractivity contribution in [3.05, 3.63) is 86.8 Å². The molecule has 3 aromatic rings. The number of hydrogen-bond donors (Lipinski definition) is 1. The molecule has 3 rings (SSSR count). The van der Waals surface area contributed by atoms with Gasteiger partial charge in [0.2, 0.25) is 0 Å². The molecule has 1 N–H and O–H groups in total. The van der Waals surface area contributed by atoms with Crippen molar-refractivity contribution in [1.29, 1.82) is 0 Å². The Morgan fingerprint density at radius 1 is 1.06 bits per heavy atom. The maximum Gasteiger partial charge on any atom is 0.271 e. The molecule has 34 heavy (non-hydrogen) atoms. The molecule has 0 unspecified atom stereocenters. The zero-order chi connectivity index (χ0) is 24.3. The molecular weight excluding hydrogens is 520 g/mol. The van der Waals surface area contributed by atoms with Crippen molar-refractivity contribution >= 4 is 39.7 Å². The predicted molar refractivity (Wildman–Crippen MR) is 138 cm³/mol. The van der Waals surface area contributed by atoms with Gasteiger partial charge in [0.05, 0.1) is 23.9 Å². The third-order valence-corrected chi connectivity index (χ3v) is 5.59. The third kappa shape index (κ3) is 7.23. The highest BCUT2D eigenvalue weighted by atomic mass is 79.9. The molecule has 3 aromatic carbocycles. The van der Waals surface area contributed by atoms with Gasteiger partial charge in [-0.05, 0) is 77.3 Å². The van der Waals surface area contributed by atoms with E-state index in [1.807, 2.05) is 44.2 Å². The number of rotatable bonds is 11. The van der Waals surface area contributed by atoms with Crippen LogP contribution >= 0.6 is 27.5 Å². The van der Waals surface area contributed by atoms with Crippen molar-refractivity contribution in [3.63, 3.8) is 0 Å². The Hall–Kier alpha value is -3.03. The number of carbonyl (C=O) groups is 1. The Balaban J connectivity index is 1.67. The van der Waals surface area contributed by atoms with E-state index in [4.69, 9.17) is 25.8 Å². The van der Waals surface area contributed by atoms with Gasteiger partial charge in [0.25, 0.3) is 5.91 Å². The van der Waals surface area contributed by atoms with Gasteiger partial charge in [0.1, 0.15) is 12.4 Å². The lowest BCUT2D eigenvalue weighted by molar-refractivity contribution is 0.0955. The van der Waals surface area contributed by atoms with Crippen LogP contribution in [-0.2, 0) is 6.61 Å². The number of hydrogen-bond acceptors (Lipinski definition) is 5. The van der Waals surface area contributed by atoms with Crippen LogP contribution in [0.25, 0.3) is 0 Å². The highest BCUT2D eigenvalue weighted by Crippen LogP contribution is 2.37. The molecule has 0 radical (unpaired) electrons. The second-order valence-corrected chi connectivity index (χ2v) is 8.48. The van der Waals surface area contributed by atoms with Gasteiger partial charge >= 0.3 is 0 Å². The van der Waals surface area contributed by atoms with E-state index in [1.165, 1.54) is 0 Å².